The molecule has 0 unspecified atom stereocenters. The topological polar surface area (TPSA) is 88.1 Å². The monoisotopic (exact) mass is 415 g/mol. The van der Waals surface area contributed by atoms with Crippen LogP contribution in [0.3, 0.4) is 0 Å². The first kappa shape index (κ1) is 21.2. The van der Waals surface area contributed by atoms with Gasteiger partial charge in [-0.15, -0.1) is 0 Å². The van der Waals surface area contributed by atoms with Crippen LogP contribution in [0.25, 0.3) is 0 Å². The Bertz CT molecular complexity index is 1020. The van der Waals surface area contributed by atoms with Gasteiger partial charge in [-0.3, -0.25) is 4.79 Å². The number of aryl methyl sites for hydroxylation is 3. The van der Waals surface area contributed by atoms with Crippen molar-refractivity contribution < 1.29 is 17.9 Å². The molecule has 2 aromatic carbocycles. The van der Waals surface area contributed by atoms with Crippen LogP contribution in [0.2, 0.25) is 0 Å². The first-order chi connectivity index (χ1) is 13.8. The normalized spacial score (nSPS) is 15.6. The second-order valence-electron chi connectivity index (χ2n) is 7.06. The molecule has 1 aliphatic rings. The SMILES string of the molecule is Cc1cc(C)c(/C=N\NC(=O)c2cccc(S(=O)(=O)N3CCOCC3)c2)c(C)c1. The van der Waals surface area contributed by atoms with Gasteiger partial charge in [0, 0.05) is 24.2 Å². The van der Waals surface area contributed by atoms with E-state index in [9.17, 15) is 13.2 Å². The van der Waals surface area contributed by atoms with Crippen LogP contribution in [0.4, 0.5) is 0 Å². The lowest BCUT2D eigenvalue weighted by Gasteiger charge is -2.26. The van der Waals surface area contributed by atoms with E-state index in [0.717, 1.165) is 16.7 Å². The highest BCUT2D eigenvalue weighted by Crippen LogP contribution is 2.18. The summed E-state index contributed by atoms with van der Waals surface area (Å²) in [6.07, 6.45) is 1.61. The molecular formula is C21H25N3O4S. The van der Waals surface area contributed by atoms with Crippen LogP contribution in [-0.4, -0.2) is 51.1 Å². The maximum absolute atomic E-state index is 12.8. The predicted octanol–water partition coefficient (Wildman–Crippen LogP) is 2.40. The van der Waals surface area contributed by atoms with Gasteiger partial charge in [-0.2, -0.15) is 9.41 Å². The molecule has 0 radical (unpaired) electrons. The maximum atomic E-state index is 12.8. The zero-order valence-corrected chi connectivity index (χ0v) is 17.6. The van der Waals surface area contributed by atoms with Gasteiger partial charge in [0.15, 0.2) is 0 Å². The number of morpholine rings is 1. The summed E-state index contributed by atoms with van der Waals surface area (Å²) in [4.78, 5) is 12.5. The summed E-state index contributed by atoms with van der Waals surface area (Å²) in [5, 5.41) is 4.05. The van der Waals surface area contributed by atoms with E-state index in [2.05, 4.69) is 22.7 Å². The fourth-order valence-corrected chi connectivity index (χ4v) is 4.80. The van der Waals surface area contributed by atoms with Gasteiger partial charge in [-0.05, 0) is 50.1 Å². The van der Waals surface area contributed by atoms with Gasteiger partial charge in [0.2, 0.25) is 10.0 Å². The van der Waals surface area contributed by atoms with Crippen LogP contribution >= 0.6 is 0 Å². The molecule has 0 aromatic heterocycles. The number of amides is 1. The minimum atomic E-state index is -3.66. The van der Waals surface area contributed by atoms with Gasteiger partial charge in [0.25, 0.3) is 5.91 Å². The van der Waals surface area contributed by atoms with Crippen molar-refractivity contribution in [3.8, 4) is 0 Å². The molecule has 0 atom stereocenters. The fraction of sp³-hybridized carbons (Fsp3) is 0.333. The fourth-order valence-electron chi connectivity index (χ4n) is 3.35. The Kier molecular flexibility index (Phi) is 6.46. The Morgan fingerprint density at radius 1 is 1.10 bits per heavy atom. The van der Waals surface area contributed by atoms with E-state index in [-0.39, 0.29) is 10.5 Å². The third kappa shape index (κ3) is 4.90. The molecule has 0 saturated carbocycles. The molecule has 1 heterocycles. The Hall–Kier alpha value is -2.55. The van der Waals surface area contributed by atoms with Gasteiger partial charge in [-0.1, -0.05) is 23.8 Å². The largest absolute Gasteiger partial charge is 0.379 e. The molecule has 1 fully saturated rings. The lowest BCUT2D eigenvalue weighted by atomic mass is 10.0. The van der Waals surface area contributed by atoms with Crippen LogP contribution in [0.1, 0.15) is 32.6 Å². The van der Waals surface area contributed by atoms with Crippen LogP contribution in [0.15, 0.2) is 46.4 Å². The van der Waals surface area contributed by atoms with Gasteiger partial charge >= 0.3 is 0 Å². The molecule has 29 heavy (non-hydrogen) atoms. The maximum Gasteiger partial charge on any atom is 0.271 e. The van der Waals surface area contributed by atoms with Crippen molar-refractivity contribution in [1.82, 2.24) is 9.73 Å². The molecular weight excluding hydrogens is 390 g/mol. The average molecular weight is 416 g/mol. The molecule has 2 aromatic rings. The number of nitrogens with zero attached hydrogens (tertiary/aromatic N) is 2. The number of rotatable bonds is 5. The molecule has 154 valence electrons. The van der Waals surface area contributed by atoms with E-state index in [1.165, 1.54) is 22.0 Å². The first-order valence-corrected chi connectivity index (χ1v) is 10.8. The van der Waals surface area contributed by atoms with E-state index in [0.29, 0.717) is 26.3 Å². The number of sulfonamides is 1. The number of hydrogen-bond acceptors (Lipinski definition) is 5. The number of nitrogens with one attached hydrogen (secondary N) is 1. The third-order valence-electron chi connectivity index (χ3n) is 4.80. The van der Waals surface area contributed by atoms with Crippen LogP contribution < -0.4 is 5.43 Å². The Morgan fingerprint density at radius 3 is 2.41 bits per heavy atom. The minimum Gasteiger partial charge on any atom is -0.379 e. The molecule has 0 bridgehead atoms. The third-order valence-corrected chi connectivity index (χ3v) is 6.70. The quantitative estimate of drug-likeness (QED) is 0.600. The molecule has 1 N–H and O–H groups in total. The van der Waals surface area contributed by atoms with Crippen molar-refractivity contribution in [1.29, 1.82) is 0 Å². The summed E-state index contributed by atoms with van der Waals surface area (Å²) in [5.74, 6) is -0.470. The highest BCUT2D eigenvalue weighted by molar-refractivity contribution is 7.89. The average Bonchev–Trinajstić information content (AvgIpc) is 2.70. The van der Waals surface area contributed by atoms with Gasteiger partial charge in [0.1, 0.15) is 0 Å². The molecule has 3 rings (SSSR count). The van der Waals surface area contributed by atoms with Crippen LogP contribution in [-0.2, 0) is 14.8 Å². The van der Waals surface area contributed by atoms with E-state index in [1.54, 1.807) is 18.3 Å². The van der Waals surface area contributed by atoms with Crippen molar-refractivity contribution in [2.24, 2.45) is 5.10 Å². The van der Waals surface area contributed by atoms with Crippen molar-refractivity contribution >= 4 is 22.1 Å². The van der Waals surface area contributed by atoms with E-state index in [4.69, 9.17) is 4.74 Å². The zero-order valence-electron chi connectivity index (χ0n) is 16.8. The number of carbonyl (C=O) groups is 1. The lowest BCUT2D eigenvalue weighted by molar-refractivity contribution is 0.0730. The van der Waals surface area contributed by atoms with Crippen molar-refractivity contribution in [2.75, 3.05) is 26.3 Å². The van der Waals surface area contributed by atoms with Gasteiger partial charge in [0.05, 0.1) is 24.3 Å². The summed E-state index contributed by atoms with van der Waals surface area (Å²) < 4.78 is 32.1. The summed E-state index contributed by atoms with van der Waals surface area (Å²) >= 11 is 0. The van der Waals surface area contributed by atoms with Gasteiger partial charge in [-0.25, -0.2) is 13.8 Å². The first-order valence-electron chi connectivity index (χ1n) is 9.38. The molecule has 1 aliphatic heterocycles. The lowest BCUT2D eigenvalue weighted by Crippen LogP contribution is -2.40. The summed E-state index contributed by atoms with van der Waals surface area (Å²) in [7, 11) is -3.66. The number of hydrogen-bond donors (Lipinski definition) is 1. The number of benzene rings is 2. The Morgan fingerprint density at radius 2 is 1.76 bits per heavy atom. The number of ether oxygens (including phenoxy) is 1. The zero-order chi connectivity index (χ0) is 21.0. The molecule has 0 aliphatic carbocycles. The minimum absolute atomic E-state index is 0.0845. The smallest absolute Gasteiger partial charge is 0.271 e. The second kappa shape index (κ2) is 8.86. The highest BCUT2D eigenvalue weighted by atomic mass is 32.2. The van der Waals surface area contributed by atoms with Gasteiger partial charge < -0.3 is 4.74 Å². The van der Waals surface area contributed by atoms with Crippen molar-refractivity contribution in [3.63, 3.8) is 0 Å². The summed E-state index contributed by atoms with van der Waals surface area (Å²) in [6.45, 7) is 7.35. The number of hydrazone groups is 1. The Balaban J connectivity index is 1.75. The number of carbonyl (C=O) groups excluding carboxylic acids is 1. The second-order valence-corrected chi connectivity index (χ2v) is 8.99. The van der Waals surface area contributed by atoms with Crippen molar-refractivity contribution in [2.45, 2.75) is 25.7 Å². The highest BCUT2D eigenvalue weighted by Gasteiger charge is 2.26. The summed E-state index contributed by atoms with van der Waals surface area (Å²) in [5.41, 5.74) is 6.95. The predicted molar refractivity (Wildman–Crippen MR) is 112 cm³/mol. The van der Waals surface area contributed by atoms with E-state index >= 15 is 0 Å². The molecule has 0 spiro atoms. The summed E-state index contributed by atoms with van der Waals surface area (Å²) in [6, 6.07) is 10.1. The molecule has 8 heteroatoms. The van der Waals surface area contributed by atoms with E-state index < -0.39 is 15.9 Å². The van der Waals surface area contributed by atoms with Crippen LogP contribution in [0, 0.1) is 20.8 Å². The molecule has 1 amide bonds. The van der Waals surface area contributed by atoms with Crippen LogP contribution in [0.5, 0.6) is 0 Å². The van der Waals surface area contributed by atoms with E-state index in [1.807, 2.05) is 20.8 Å². The Labute approximate surface area is 171 Å². The molecule has 1 saturated heterocycles. The standard InChI is InChI=1S/C21H25N3O4S/c1-15-11-16(2)20(17(3)12-15)14-22-23-21(25)18-5-4-6-19(13-18)29(26,27)24-7-9-28-10-8-24/h4-6,11-14H,7-10H2,1-3H3,(H,23,25)/b22-14-. The van der Waals surface area contributed by atoms with Crippen molar-refractivity contribution in [3.05, 3.63) is 64.2 Å². The molecule has 7 nitrogen and oxygen atoms in total.